The molecule has 5 rings (SSSR count). The molecule has 1 fully saturated rings. The number of hydrogen-bond donors (Lipinski definition) is 1. The van der Waals surface area contributed by atoms with E-state index in [1.54, 1.807) is 18.2 Å². The van der Waals surface area contributed by atoms with Crippen LogP contribution in [0.15, 0.2) is 66.4 Å². The molecule has 0 unspecified atom stereocenters. The lowest BCUT2D eigenvalue weighted by Gasteiger charge is -2.30. The molecular formula is C27H25ClN2O2. The maximum atomic E-state index is 12.9. The van der Waals surface area contributed by atoms with Crippen molar-refractivity contribution in [2.24, 2.45) is 0 Å². The molecule has 1 aliphatic carbocycles. The summed E-state index contributed by atoms with van der Waals surface area (Å²) in [5, 5.41) is 10.8. The fourth-order valence-electron chi connectivity index (χ4n) is 4.84. The van der Waals surface area contributed by atoms with Gasteiger partial charge in [0.2, 0.25) is 5.91 Å². The van der Waals surface area contributed by atoms with Crippen LogP contribution in [0.2, 0.25) is 5.02 Å². The monoisotopic (exact) mass is 444 g/mol. The Morgan fingerprint density at radius 1 is 0.969 bits per heavy atom. The van der Waals surface area contributed by atoms with Gasteiger partial charge in [-0.3, -0.25) is 9.78 Å². The molecule has 1 aromatic heterocycles. The topological polar surface area (TPSA) is 53.4 Å². The zero-order valence-electron chi connectivity index (χ0n) is 17.9. The molecule has 5 heteroatoms. The van der Waals surface area contributed by atoms with Crippen molar-refractivity contribution < 1.29 is 9.90 Å². The quantitative estimate of drug-likeness (QED) is 0.590. The van der Waals surface area contributed by atoms with E-state index < -0.39 is 0 Å². The molecule has 1 N–H and O–H groups in total. The van der Waals surface area contributed by atoms with Crippen molar-refractivity contribution in [1.29, 1.82) is 0 Å². The normalized spacial score (nSPS) is 15.7. The van der Waals surface area contributed by atoms with Gasteiger partial charge >= 0.3 is 0 Å². The number of aryl methyl sites for hydroxylation is 2. The number of piperidine rings is 1. The Hall–Kier alpha value is -3.11. The van der Waals surface area contributed by atoms with Gasteiger partial charge in [-0.25, -0.2) is 0 Å². The summed E-state index contributed by atoms with van der Waals surface area (Å²) in [6, 6.07) is 17.4. The second-order valence-electron chi connectivity index (χ2n) is 8.48. The lowest BCUT2D eigenvalue weighted by Crippen LogP contribution is -2.37. The number of benzene rings is 2. The molecule has 0 saturated carbocycles. The minimum absolute atomic E-state index is 0.0575. The fraction of sp³-hybridized carbons (Fsp3) is 0.259. The summed E-state index contributed by atoms with van der Waals surface area (Å²) in [6.07, 6.45) is 5.62. The Bertz CT molecular complexity index is 1210. The first kappa shape index (κ1) is 20.8. The van der Waals surface area contributed by atoms with Gasteiger partial charge in [-0.2, -0.15) is 0 Å². The third-order valence-electron chi connectivity index (χ3n) is 6.53. The van der Waals surface area contributed by atoms with Crippen LogP contribution in [0.1, 0.15) is 40.8 Å². The molecule has 0 radical (unpaired) electrons. The highest BCUT2D eigenvalue weighted by Gasteiger charge is 2.26. The van der Waals surface area contributed by atoms with E-state index in [1.807, 2.05) is 29.3 Å². The van der Waals surface area contributed by atoms with Crippen LogP contribution >= 0.6 is 11.6 Å². The number of carbonyl (C=O) groups excluding carboxylic acids is 1. The maximum Gasteiger partial charge on any atom is 0.227 e. The molecule has 1 amide bonds. The van der Waals surface area contributed by atoms with E-state index in [4.69, 9.17) is 16.6 Å². The molecule has 2 heterocycles. The Labute approximate surface area is 193 Å². The van der Waals surface area contributed by atoms with Gasteiger partial charge in [-0.05, 0) is 66.6 Å². The molecule has 0 atom stereocenters. The van der Waals surface area contributed by atoms with Gasteiger partial charge in [0.25, 0.3) is 0 Å². The van der Waals surface area contributed by atoms with Crippen LogP contribution in [0.4, 0.5) is 0 Å². The first-order valence-electron chi connectivity index (χ1n) is 11.1. The van der Waals surface area contributed by atoms with Crippen LogP contribution in [0.5, 0.6) is 5.75 Å². The summed E-state index contributed by atoms with van der Waals surface area (Å²) in [4.78, 5) is 19.6. The molecular weight excluding hydrogens is 420 g/mol. The number of rotatable bonds is 2. The summed E-state index contributed by atoms with van der Waals surface area (Å²) < 4.78 is 0. The van der Waals surface area contributed by atoms with Crippen molar-refractivity contribution in [2.45, 2.75) is 32.1 Å². The van der Waals surface area contributed by atoms with Gasteiger partial charge in [-0.15, -0.1) is 0 Å². The number of para-hydroxylation sites is 1. The van der Waals surface area contributed by atoms with Gasteiger partial charge < -0.3 is 10.0 Å². The molecule has 0 spiro atoms. The fourth-order valence-corrected chi connectivity index (χ4v) is 5.04. The molecule has 0 bridgehead atoms. The summed E-state index contributed by atoms with van der Waals surface area (Å²) >= 11 is 6.31. The van der Waals surface area contributed by atoms with Gasteiger partial charge in [0.1, 0.15) is 5.75 Å². The van der Waals surface area contributed by atoms with Crippen LogP contribution in [0, 0.1) is 0 Å². The highest BCUT2D eigenvalue weighted by atomic mass is 35.5. The number of hydrogen-bond acceptors (Lipinski definition) is 3. The minimum Gasteiger partial charge on any atom is -0.508 e. The van der Waals surface area contributed by atoms with Crippen molar-refractivity contribution in [3.8, 4) is 5.75 Å². The number of pyridine rings is 1. The van der Waals surface area contributed by atoms with Crippen molar-refractivity contribution >= 4 is 23.1 Å². The molecule has 4 nitrogen and oxygen atoms in total. The second kappa shape index (κ2) is 8.79. The van der Waals surface area contributed by atoms with E-state index in [1.165, 1.54) is 27.8 Å². The number of aromatic nitrogens is 1. The predicted octanol–water partition coefficient (Wildman–Crippen LogP) is 5.21. The maximum absolute atomic E-state index is 12.9. The third-order valence-corrected chi connectivity index (χ3v) is 6.77. The van der Waals surface area contributed by atoms with Crippen molar-refractivity contribution in [2.75, 3.05) is 13.1 Å². The van der Waals surface area contributed by atoms with E-state index >= 15 is 0 Å². The number of phenolic OH excluding ortho intramolecular Hbond substituents is 1. The number of nitrogens with zero attached hydrogens (tertiary/aromatic N) is 2. The number of phenols is 1. The molecule has 1 saturated heterocycles. The minimum atomic E-state index is 0.0575. The summed E-state index contributed by atoms with van der Waals surface area (Å²) in [5.41, 5.74) is 8.05. The Balaban J connectivity index is 1.44. The van der Waals surface area contributed by atoms with E-state index in [0.717, 1.165) is 36.4 Å². The molecule has 1 aliphatic heterocycles. The second-order valence-corrected chi connectivity index (χ2v) is 8.91. The highest BCUT2D eigenvalue weighted by Crippen LogP contribution is 2.38. The van der Waals surface area contributed by atoms with Gasteiger partial charge in [0.05, 0.1) is 12.1 Å². The predicted molar refractivity (Wildman–Crippen MR) is 127 cm³/mol. The number of carbonyl (C=O) groups is 1. The Morgan fingerprint density at radius 2 is 1.75 bits per heavy atom. The number of likely N-dealkylation sites (tertiary alicyclic amines) is 1. The summed E-state index contributed by atoms with van der Waals surface area (Å²) in [7, 11) is 0. The van der Waals surface area contributed by atoms with E-state index in [-0.39, 0.29) is 18.1 Å². The van der Waals surface area contributed by atoms with E-state index in [2.05, 4.69) is 18.2 Å². The van der Waals surface area contributed by atoms with Crippen molar-refractivity contribution in [3.63, 3.8) is 0 Å². The Kier molecular flexibility index (Phi) is 5.71. The third kappa shape index (κ3) is 4.03. The van der Waals surface area contributed by atoms with E-state index in [0.29, 0.717) is 18.7 Å². The first-order valence-corrected chi connectivity index (χ1v) is 11.5. The smallest absolute Gasteiger partial charge is 0.227 e. The summed E-state index contributed by atoms with van der Waals surface area (Å²) in [6.45, 7) is 1.35. The number of amides is 1. The van der Waals surface area contributed by atoms with Crippen molar-refractivity contribution in [1.82, 2.24) is 9.88 Å². The van der Waals surface area contributed by atoms with Crippen LogP contribution in [0.25, 0.3) is 5.57 Å². The number of fused-ring (bicyclic) bond motifs is 2. The largest absolute Gasteiger partial charge is 0.508 e. The summed E-state index contributed by atoms with van der Waals surface area (Å²) in [5.74, 6) is 0.235. The number of aromatic hydroxyl groups is 1. The molecule has 32 heavy (non-hydrogen) atoms. The molecule has 3 aromatic rings. The standard InChI is InChI=1S/C27H25ClN2O2/c28-22-9-10-23-20(16-22)8-7-19-5-3-13-29-27(19)26(23)18-11-14-30(15-12-18)25(32)17-21-4-1-2-6-24(21)31/h1-6,9-10,13,16,31H,7-8,11-12,14-15,17H2. The Morgan fingerprint density at radius 3 is 2.56 bits per heavy atom. The lowest BCUT2D eigenvalue weighted by molar-refractivity contribution is -0.130. The number of halogens is 1. The zero-order valence-corrected chi connectivity index (χ0v) is 18.6. The van der Waals surface area contributed by atoms with Crippen LogP contribution in [-0.4, -0.2) is 34.0 Å². The van der Waals surface area contributed by atoms with Gasteiger partial charge in [0.15, 0.2) is 0 Å². The highest BCUT2D eigenvalue weighted by molar-refractivity contribution is 6.30. The SMILES string of the molecule is O=C(Cc1ccccc1O)N1CCC(=C2c3ccc(Cl)cc3CCc3cccnc32)CC1. The molecule has 162 valence electrons. The van der Waals surface area contributed by atoms with E-state index in [9.17, 15) is 9.90 Å². The van der Waals surface area contributed by atoms with Crippen molar-refractivity contribution in [3.05, 3.63) is 99.3 Å². The van der Waals surface area contributed by atoms with Crippen LogP contribution in [-0.2, 0) is 24.1 Å². The van der Waals surface area contributed by atoms with Crippen LogP contribution in [0.3, 0.4) is 0 Å². The van der Waals surface area contributed by atoms with Gasteiger partial charge in [0, 0.05) is 35.4 Å². The first-order chi connectivity index (χ1) is 15.6. The average Bonchev–Trinajstić information content (AvgIpc) is 2.97. The average molecular weight is 445 g/mol. The molecule has 2 aliphatic rings. The molecule has 2 aromatic carbocycles. The van der Waals surface area contributed by atoms with Gasteiger partial charge in [-0.1, -0.05) is 47.5 Å². The lowest BCUT2D eigenvalue weighted by atomic mass is 9.88. The van der Waals surface area contributed by atoms with Crippen LogP contribution < -0.4 is 0 Å². The zero-order chi connectivity index (χ0) is 22.1.